The molecule has 2 atom stereocenters. The van der Waals surface area contributed by atoms with Crippen molar-refractivity contribution in [2.24, 2.45) is 23.7 Å². The number of nitrogens with zero attached hydrogens (tertiary/aromatic N) is 2. The van der Waals surface area contributed by atoms with Crippen molar-refractivity contribution < 1.29 is 14.3 Å². The number of carbonyl (C=O) groups excluding carboxylic acids is 1. The van der Waals surface area contributed by atoms with Gasteiger partial charge in [0.05, 0.1) is 17.6 Å². The third-order valence-corrected chi connectivity index (χ3v) is 7.86. The largest absolute Gasteiger partial charge is 0.390 e. The van der Waals surface area contributed by atoms with Gasteiger partial charge in [-0.15, -0.1) is 0 Å². The van der Waals surface area contributed by atoms with E-state index in [9.17, 15) is 14.3 Å². The Morgan fingerprint density at radius 1 is 1.19 bits per heavy atom. The lowest BCUT2D eigenvalue weighted by molar-refractivity contribution is -0.173. The SMILES string of the molecule is N#CC1CN(C(=O)C[C@]2(c3ccc(F)cc3)C3CC4CC2C[C@](O)(C4)C3)C1. The van der Waals surface area contributed by atoms with Gasteiger partial charge in [0, 0.05) is 24.9 Å². The third kappa shape index (κ3) is 2.53. The molecule has 1 amide bonds. The van der Waals surface area contributed by atoms with Crippen LogP contribution in [-0.2, 0) is 10.2 Å². The first-order valence-corrected chi connectivity index (χ1v) is 10.1. The third-order valence-electron chi connectivity index (χ3n) is 7.86. The minimum atomic E-state index is -0.578. The summed E-state index contributed by atoms with van der Waals surface area (Å²) >= 11 is 0. The second-order valence-electron chi connectivity index (χ2n) is 9.42. The van der Waals surface area contributed by atoms with E-state index in [2.05, 4.69) is 6.07 Å². The summed E-state index contributed by atoms with van der Waals surface area (Å²) < 4.78 is 13.6. The number of hydrogen-bond acceptors (Lipinski definition) is 3. The molecule has 0 aromatic heterocycles. The van der Waals surface area contributed by atoms with Gasteiger partial charge >= 0.3 is 0 Å². The van der Waals surface area contributed by atoms with Crippen LogP contribution in [0, 0.1) is 40.8 Å². The molecule has 1 aliphatic heterocycles. The maximum Gasteiger partial charge on any atom is 0.223 e. The van der Waals surface area contributed by atoms with Crippen LogP contribution in [0.25, 0.3) is 0 Å². The minimum Gasteiger partial charge on any atom is -0.390 e. The van der Waals surface area contributed by atoms with Crippen LogP contribution in [0.1, 0.15) is 44.1 Å². The highest BCUT2D eigenvalue weighted by Gasteiger charge is 2.63. The molecule has 4 nitrogen and oxygen atoms in total. The Hall–Kier alpha value is -1.93. The molecule has 5 heteroatoms. The fraction of sp³-hybridized carbons (Fsp3) is 0.636. The number of rotatable bonds is 3. The highest BCUT2D eigenvalue weighted by atomic mass is 19.1. The predicted molar refractivity (Wildman–Crippen MR) is 96.9 cm³/mol. The minimum absolute atomic E-state index is 0.0464. The van der Waals surface area contributed by atoms with Crippen LogP contribution < -0.4 is 0 Å². The first-order valence-electron chi connectivity index (χ1n) is 10.1. The molecule has 5 fully saturated rings. The fourth-order valence-electron chi connectivity index (χ4n) is 6.81. The molecule has 27 heavy (non-hydrogen) atoms. The van der Waals surface area contributed by atoms with Gasteiger partial charge in [0.25, 0.3) is 0 Å². The van der Waals surface area contributed by atoms with Crippen LogP contribution in [0.4, 0.5) is 4.39 Å². The summed E-state index contributed by atoms with van der Waals surface area (Å²) in [7, 11) is 0. The van der Waals surface area contributed by atoms with Gasteiger partial charge in [0.1, 0.15) is 5.82 Å². The summed E-state index contributed by atoms with van der Waals surface area (Å²) in [5, 5.41) is 20.0. The molecular formula is C22H25FN2O2. The average Bonchev–Trinajstić information content (AvgIpc) is 2.57. The average molecular weight is 368 g/mol. The first kappa shape index (κ1) is 17.2. The van der Waals surface area contributed by atoms with Crippen LogP contribution in [0.3, 0.4) is 0 Å². The van der Waals surface area contributed by atoms with Gasteiger partial charge in [-0.2, -0.15) is 5.26 Å². The van der Waals surface area contributed by atoms with Crippen molar-refractivity contribution >= 4 is 5.91 Å². The zero-order valence-corrected chi connectivity index (χ0v) is 15.4. The Bertz CT molecular complexity index is 793. The smallest absolute Gasteiger partial charge is 0.223 e. The van der Waals surface area contributed by atoms with Crippen molar-refractivity contribution in [2.45, 2.75) is 49.5 Å². The Morgan fingerprint density at radius 2 is 1.81 bits per heavy atom. The standard InChI is InChI=1S/C22H25FN2O2/c23-19-3-1-16(2-4-19)22(10-20(26)25-12-15(11-24)13-25)17-5-14-6-18(22)9-21(27,7-14)8-17/h1-4,14-15,17-18,27H,5-10,12-13H2/t14?,17?,18?,21-,22-. The van der Waals surface area contributed by atoms with Crippen molar-refractivity contribution in [1.82, 2.24) is 4.90 Å². The van der Waals surface area contributed by atoms with Gasteiger partial charge in [0.15, 0.2) is 0 Å². The van der Waals surface area contributed by atoms with E-state index in [0.29, 0.717) is 25.4 Å². The summed E-state index contributed by atoms with van der Waals surface area (Å²) in [4.78, 5) is 14.9. The van der Waals surface area contributed by atoms with Gasteiger partial charge in [-0.05, 0) is 67.6 Å². The van der Waals surface area contributed by atoms with E-state index < -0.39 is 5.60 Å². The van der Waals surface area contributed by atoms with Crippen LogP contribution in [0.5, 0.6) is 0 Å². The highest BCUT2D eigenvalue weighted by Crippen LogP contribution is 2.65. The van der Waals surface area contributed by atoms with Gasteiger partial charge in [0.2, 0.25) is 5.91 Å². The summed E-state index contributed by atoms with van der Waals surface area (Å²) in [5.74, 6) is 0.859. The van der Waals surface area contributed by atoms with Crippen molar-refractivity contribution in [3.8, 4) is 6.07 Å². The Kier molecular flexibility index (Phi) is 3.68. The molecule has 1 N–H and O–H groups in total. The maximum absolute atomic E-state index is 13.6. The van der Waals surface area contributed by atoms with Gasteiger partial charge < -0.3 is 10.0 Å². The lowest BCUT2D eigenvalue weighted by atomic mass is 9.41. The monoisotopic (exact) mass is 368 g/mol. The second-order valence-corrected chi connectivity index (χ2v) is 9.42. The number of benzene rings is 1. The van der Waals surface area contributed by atoms with E-state index in [-0.39, 0.29) is 34.9 Å². The number of nitriles is 1. The zero-order chi connectivity index (χ0) is 18.8. The summed E-state index contributed by atoms with van der Waals surface area (Å²) in [6.07, 6.45) is 4.88. The Morgan fingerprint density at radius 3 is 2.37 bits per heavy atom. The number of halogens is 1. The molecule has 2 unspecified atom stereocenters. The summed E-state index contributed by atoms with van der Waals surface area (Å²) in [6.45, 7) is 1.05. The number of likely N-dealkylation sites (tertiary alicyclic amines) is 1. The molecular weight excluding hydrogens is 343 g/mol. The summed E-state index contributed by atoms with van der Waals surface area (Å²) in [5.41, 5.74) is 0.157. The van der Waals surface area contributed by atoms with E-state index in [4.69, 9.17) is 5.26 Å². The molecule has 5 aliphatic rings. The summed E-state index contributed by atoms with van der Waals surface area (Å²) in [6, 6.07) is 8.92. The van der Waals surface area contributed by atoms with E-state index in [1.165, 1.54) is 12.1 Å². The molecule has 0 spiro atoms. The zero-order valence-electron chi connectivity index (χ0n) is 15.4. The van der Waals surface area contributed by atoms with Crippen LogP contribution >= 0.6 is 0 Å². The molecule has 4 bridgehead atoms. The molecule has 4 aliphatic carbocycles. The molecule has 1 aromatic rings. The molecule has 4 saturated carbocycles. The number of hydrogen-bond donors (Lipinski definition) is 1. The molecule has 1 heterocycles. The molecule has 142 valence electrons. The van der Waals surface area contributed by atoms with Crippen molar-refractivity contribution in [1.29, 1.82) is 5.26 Å². The number of carbonyl (C=O) groups is 1. The topological polar surface area (TPSA) is 64.3 Å². The highest BCUT2D eigenvalue weighted by molar-refractivity contribution is 5.79. The lowest BCUT2D eigenvalue weighted by Gasteiger charge is -2.64. The second kappa shape index (κ2) is 5.78. The van der Waals surface area contributed by atoms with Crippen molar-refractivity contribution in [3.63, 3.8) is 0 Å². The molecule has 1 aromatic carbocycles. The molecule has 6 rings (SSSR count). The van der Waals surface area contributed by atoms with Crippen LogP contribution in [-0.4, -0.2) is 34.6 Å². The lowest BCUT2D eigenvalue weighted by Crippen LogP contribution is -2.63. The molecule has 1 saturated heterocycles. The van der Waals surface area contributed by atoms with Crippen LogP contribution in [0.15, 0.2) is 24.3 Å². The van der Waals surface area contributed by atoms with Gasteiger partial charge in [-0.1, -0.05) is 12.1 Å². The van der Waals surface area contributed by atoms with E-state index >= 15 is 0 Å². The van der Waals surface area contributed by atoms with Crippen LogP contribution in [0.2, 0.25) is 0 Å². The quantitative estimate of drug-likeness (QED) is 0.892. The number of aliphatic hydroxyl groups is 1. The predicted octanol–water partition coefficient (Wildman–Crippen LogP) is 3.01. The first-order chi connectivity index (χ1) is 12.9. The number of amides is 1. The Balaban J connectivity index is 1.51. The maximum atomic E-state index is 13.6. The normalized spacial score (nSPS) is 39.9. The van der Waals surface area contributed by atoms with E-state index in [0.717, 1.165) is 37.7 Å². The van der Waals surface area contributed by atoms with E-state index in [1.54, 1.807) is 4.90 Å². The van der Waals surface area contributed by atoms with Gasteiger partial charge in [-0.3, -0.25) is 4.79 Å². The van der Waals surface area contributed by atoms with Crippen molar-refractivity contribution in [3.05, 3.63) is 35.6 Å². The van der Waals surface area contributed by atoms with Crippen molar-refractivity contribution in [2.75, 3.05) is 13.1 Å². The fourth-order valence-corrected chi connectivity index (χ4v) is 6.81. The molecule has 0 radical (unpaired) electrons. The van der Waals surface area contributed by atoms with Gasteiger partial charge in [-0.25, -0.2) is 4.39 Å². The Labute approximate surface area is 159 Å². The van der Waals surface area contributed by atoms with E-state index in [1.807, 2.05) is 12.1 Å².